The third-order valence-electron chi connectivity index (χ3n) is 6.41. The fourth-order valence-electron chi connectivity index (χ4n) is 4.58. The zero-order valence-electron chi connectivity index (χ0n) is 24.7. The molecule has 1 saturated heterocycles. The summed E-state index contributed by atoms with van der Waals surface area (Å²) in [6, 6.07) is 11.0. The van der Waals surface area contributed by atoms with Crippen molar-refractivity contribution in [3.8, 4) is 30.3 Å². The predicted molar refractivity (Wildman–Crippen MR) is 162 cm³/mol. The minimum atomic E-state index is -1.50. The molecule has 42 heavy (non-hydrogen) atoms. The molecule has 10 nitrogen and oxygen atoms in total. The third kappa shape index (κ3) is 8.73. The van der Waals surface area contributed by atoms with E-state index in [1.54, 1.807) is 36.5 Å². The number of benzene rings is 1. The van der Waals surface area contributed by atoms with Crippen LogP contribution in [0.5, 0.6) is 0 Å². The summed E-state index contributed by atoms with van der Waals surface area (Å²) in [5, 5.41) is 11.7. The molecule has 1 amide bonds. The van der Waals surface area contributed by atoms with Gasteiger partial charge in [-0.1, -0.05) is 42.9 Å². The lowest BCUT2D eigenvalue weighted by Gasteiger charge is -2.37. The lowest BCUT2D eigenvalue weighted by Crippen LogP contribution is -2.35. The predicted octanol–water partition coefficient (Wildman–Crippen LogP) is 5.23. The monoisotopic (exact) mass is 591 g/mol. The van der Waals surface area contributed by atoms with Crippen LogP contribution in [0.2, 0.25) is 0 Å². The zero-order chi connectivity index (χ0) is 30.6. The zero-order valence-corrected chi connectivity index (χ0v) is 25.6. The van der Waals surface area contributed by atoms with E-state index in [2.05, 4.69) is 66.5 Å². The molecule has 1 N–H and O–H groups in total. The lowest BCUT2D eigenvalue weighted by atomic mass is 10.1. The highest BCUT2D eigenvalue weighted by Crippen LogP contribution is 2.50. The van der Waals surface area contributed by atoms with E-state index < -0.39 is 26.4 Å². The van der Waals surface area contributed by atoms with E-state index in [1.165, 1.54) is 4.57 Å². The topological polar surface area (TPSA) is 119 Å². The Balaban J connectivity index is 1.90. The van der Waals surface area contributed by atoms with Crippen molar-refractivity contribution in [2.45, 2.75) is 90.8 Å². The number of ether oxygens (including phenoxy) is 1. The Labute approximate surface area is 249 Å². The number of anilines is 1. The highest BCUT2D eigenvalue weighted by Gasteiger charge is 2.40. The maximum atomic E-state index is 13.3. The van der Waals surface area contributed by atoms with Gasteiger partial charge in [-0.05, 0) is 46.2 Å². The number of hydrogen-bond acceptors (Lipinski definition) is 8. The molecule has 222 valence electrons. The summed E-state index contributed by atoms with van der Waals surface area (Å²) >= 11 is 0. The average Bonchev–Trinajstić information content (AvgIpc) is 3.36. The molecule has 2 aromatic rings. The first-order chi connectivity index (χ1) is 20.2. The Morgan fingerprint density at radius 3 is 2.62 bits per heavy atom. The number of terminal acetylenes is 1. The molecule has 0 aliphatic carbocycles. The first-order valence-corrected chi connectivity index (χ1v) is 15.1. The molecule has 11 heteroatoms. The van der Waals surface area contributed by atoms with Crippen LogP contribution in [-0.2, 0) is 13.8 Å². The molecule has 1 fully saturated rings. The van der Waals surface area contributed by atoms with Gasteiger partial charge in [0.05, 0.1) is 43.3 Å². The molecule has 0 spiro atoms. The van der Waals surface area contributed by atoms with Crippen LogP contribution in [-0.4, -0.2) is 51.0 Å². The summed E-state index contributed by atoms with van der Waals surface area (Å²) in [4.78, 5) is 30.2. The second-order valence-corrected chi connectivity index (χ2v) is 11.6. The normalized spacial score (nSPS) is 18.8. The number of nitrogens with zero attached hydrogens (tertiary/aromatic N) is 4. The Bertz CT molecular complexity index is 1400. The van der Waals surface area contributed by atoms with Crippen molar-refractivity contribution in [2.75, 3.05) is 11.9 Å². The standard InChI is InChI=1S/C31H38N5O5P/c1-7-9-11-17-25-21-35(31(38)34-29(25)33-30(37)24-15-12-10-13-16-24)28-20-27(26(8-2)40-28)41-42(39-19-14-18-32)36(22(3)4)23(5)6/h1,10,12-13,15-16,21-23,26-28H,8-9,14,19-20H2,2-6H3,(H,33,34,37,38)/t26-,27-,28-,42?/m1/s1. The van der Waals surface area contributed by atoms with Crippen LogP contribution in [0.3, 0.4) is 0 Å². The third-order valence-corrected chi connectivity index (χ3v) is 8.57. The summed E-state index contributed by atoms with van der Waals surface area (Å²) in [5.41, 5.74) is 0.157. The first-order valence-electron chi connectivity index (χ1n) is 14.0. The number of nitriles is 1. The molecular formula is C31H38N5O5P. The molecule has 0 saturated carbocycles. The van der Waals surface area contributed by atoms with Crippen LogP contribution in [0.15, 0.2) is 41.3 Å². The molecule has 0 radical (unpaired) electrons. The van der Waals surface area contributed by atoms with Gasteiger partial charge in [0, 0.05) is 30.3 Å². The molecule has 0 bridgehead atoms. The number of hydrogen-bond donors (Lipinski definition) is 1. The number of rotatable bonds is 12. The Kier molecular flexibility index (Phi) is 12.7. The van der Waals surface area contributed by atoms with Crippen molar-refractivity contribution in [1.29, 1.82) is 5.26 Å². The van der Waals surface area contributed by atoms with Gasteiger partial charge < -0.3 is 19.1 Å². The summed E-state index contributed by atoms with van der Waals surface area (Å²) in [6.07, 6.45) is 7.03. The molecule has 1 aromatic carbocycles. The Hall–Kier alpha value is -3.55. The van der Waals surface area contributed by atoms with Gasteiger partial charge in [-0.15, -0.1) is 6.42 Å². The van der Waals surface area contributed by atoms with E-state index in [0.717, 1.165) is 0 Å². The van der Waals surface area contributed by atoms with E-state index in [1.807, 2.05) is 6.92 Å². The van der Waals surface area contributed by atoms with E-state index in [0.29, 0.717) is 24.0 Å². The van der Waals surface area contributed by atoms with Crippen LogP contribution < -0.4 is 11.0 Å². The number of carbonyl (C=O) groups is 1. The average molecular weight is 592 g/mol. The van der Waals surface area contributed by atoms with Gasteiger partial charge in [-0.25, -0.2) is 9.46 Å². The molecule has 1 unspecified atom stereocenters. The van der Waals surface area contributed by atoms with Crippen molar-refractivity contribution in [1.82, 2.24) is 14.2 Å². The summed E-state index contributed by atoms with van der Waals surface area (Å²) in [6.45, 7) is 10.5. The van der Waals surface area contributed by atoms with Crippen molar-refractivity contribution in [3.63, 3.8) is 0 Å². The van der Waals surface area contributed by atoms with E-state index >= 15 is 0 Å². The Morgan fingerprint density at radius 2 is 2.00 bits per heavy atom. The summed E-state index contributed by atoms with van der Waals surface area (Å²) in [5.74, 6) is 7.88. The minimum Gasteiger partial charge on any atom is -0.352 e. The van der Waals surface area contributed by atoms with E-state index in [9.17, 15) is 9.59 Å². The quantitative estimate of drug-likeness (QED) is 0.203. The van der Waals surface area contributed by atoms with Crippen molar-refractivity contribution >= 4 is 20.3 Å². The van der Waals surface area contributed by atoms with E-state index in [-0.39, 0.29) is 49.6 Å². The van der Waals surface area contributed by atoms with Gasteiger partial charge in [0.1, 0.15) is 6.23 Å². The lowest BCUT2D eigenvalue weighted by molar-refractivity contribution is -0.0200. The fraction of sp³-hybridized carbons (Fsp3) is 0.484. The number of amides is 1. The molecule has 1 aromatic heterocycles. The second kappa shape index (κ2) is 16.2. The Morgan fingerprint density at radius 1 is 1.29 bits per heavy atom. The fourth-order valence-corrected chi connectivity index (χ4v) is 6.33. The molecule has 1 aliphatic rings. The first kappa shape index (κ1) is 33.0. The second-order valence-electron chi connectivity index (χ2n) is 10.2. The maximum Gasteiger partial charge on any atom is 0.351 e. The van der Waals surface area contributed by atoms with Crippen LogP contribution >= 0.6 is 8.53 Å². The van der Waals surface area contributed by atoms with Crippen LogP contribution in [0.4, 0.5) is 5.82 Å². The highest BCUT2D eigenvalue weighted by atomic mass is 31.2. The smallest absolute Gasteiger partial charge is 0.351 e. The summed E-state index contributed by atoms with van der Waals surface area (Å²) in [7, 11) is -1.50. The van der Waals surface area contributed by atoms with Crippen molar-refractivity contribution in [3.05, 3.63) is 58.1 Å². The molecule has 3 rings (SSSR count). The van der Waals surface area contributed by atoms with Gasteiger partial charge in [0.15, 0.2) is 5.82 Å². The van der Waals surface area contributed by atoms with Gasteiger partial charge in [0.2, 0.25) is 0 Å². The van der Waals surface area contributed by atoms with Gasteiger partial charge >= 0.3 is 5.69 Å². The molecule has 2 heterocycles. The highest BCUT2D eigenvalue weighted by molar-refractivity contribution is 7.44. The SMILES string of the molecule is C#CCC#Cc1cn([C@H]2C[C@@H](OP(OCCC#N)N(C(C)C)C(C)C)[C@@H](CC)O2)c(=O)nc1NC(=O)c1ccccc1. The van der Waals surface area contributed by atoms with Gasteiger partial charge in [0.25, 0.3) is 14.4 Å². The van der Waals surface area contributed by atoms with Crippen molar-refractivity contribution < 1.29 is 18.6 Å². The molecular weight excluding hydrogens is 553 g/mol. The van der Waals surface area contributed by atoms with Crippen LogP contribution in [0.1, 0.15) is 82.5 Å². The molecule has 1 aliphatic heterocycles. The maximum absolute atomic E-state index is 13.3. The van der Waals surface area contributed by atoms with Crippen LogP contribution in [0.25, 0.3) is 0 Å². The minimum absolute atomic E-state index is 0.0476. The number of aromatic nitrogens is 2. The van der Waals surface area contributed by atoms with Crippen LogP contribution in [0, 0.1) is 35.5 Å². The number of nitrogens with one attached hydrogen (secondary N) is 1. The molecule has 4 atom stereocenters. The largest absolute Gasteiger partial charge is 0.352 e. The summed E-state index contributed by atoms with van der Waals surface area (Å²) < 4.78 is 22.5. The van der Waals surface area contributed by atoms with E-state index in [4.69, 9.17) is 25.5 Å². The van der Waals surface area contributed by atoms with Crippen molar-refractivity contribution in [2.24, 2.45) is 0 Å². The van der Waals surface area contributed by atoms with Gasteiger partial charge in [-0.3, -0.25) is 9.36 Å². The number of carbonyl (C=O) groups excluding carboxylic acids is 1. The van der Waals surface area contributed by atoms with Gasteiger partial charge in [-0.2, -0.15) is 10.2 Å².